The Balaban J connectivity index is 1.31. The van der Waals surface area contributed by atoms with Crippen LogP contribution in [0, 0.1) is 5.92 Å². The molecule has 154 valence electrons. The van der Waals surface area contributed by atoms with E-state index in [1.54, 1.807) is 11.3 Å². The molecule has 0 radical (unpaired) electrons. The molecular weight excluding hydrogens is 405 g/mol. The van der Waals surface area contributed by atoms with Gasteiger partial charge in [0.05, 0.1) is 30.9 Å². The Bertz CT molecular complexity index is 868. The third kappa shape index (κ3) is 4.63. The Morgan fingerprint density at radius 2 is 1.86 bits per heavy atom. The Hall–Kier alpha value is -2.36. The summed E-state index contributed by atoms with van der Waals surface area (Å²) < 4.78 is 49.5. The molecule has 0 aliphatic carbocycles. The predicted molar refractivity (Wildman–Crippen MR) is 104 cm³/mol. The monoisotopic (exact) mass is 424 g/mol. The number of nitrogens with one attached hydrogen (secondary N) is 2. The zero-order valence-electron chi connectivity index (χ0n) is 15.2. The summed E-state index contributed by atoms with van der Waals surface area (Å²) in [5.74, 6) is 0.102. The van der Waals surface area contributed by atoms with E-state index in [4.69, 9.17) is 9.47 Å². The molecule has 2 fully saturated rings. The molecule has 2 saturated heterocycles. The maximum atomic E-state index is 12.6. The van der Waals surface area contributed by atoms with Crippen LogP contribution in [0.5, 0.6) is 0 Å². The Labute approximate surface area is 169 Å². The van der Waals surface area contributed by atoms with Gasteiger partial charge >= 0.3 is 12.2 Å². The number of carbonyl (C=O) groups excluding carboxylic acids is 1. The molecule has 9 heteroatoms. The van der Waals surface area contributed by atoms with Crippen LogP contribution in [0.2, 0.25) is 0 Å². The highest BCUT2D eigenvalue weighted by atomic mass is 32.1. The van der Waals surface area contributed by atoms with Gasteiger partial charge < -0.3 is 20.1 Å². The first-order chi connectivity index (χ1) is 13.9. The summed E-state index contributed by atoms with van der Waals surface area (Å²) in [5, 5.41) is 9.39. The zero-order valence-corrected chi connectivity index (χ0v) is 16.0. The molecule has 2 aliphatic rings. The summed E-state index contributed by atoms with van der Waals surface area (Å²) in [6.45, 7) is 0.827. The van der Waals surface area contributed by atoms with Crippen molar-refractivity contribution in [2.45, 2.75) is 24.4 Å². The first kappa shape index (κ1) is 19.9. The lowest BCUT2D eigenvalue weighted by molar-refractivity contribution is -0.137. The maximum Gasteiger partial charge on any atom is 0.416 e. The van der Waals surface area contributed by atoms with Crippen LogP contribution in [0.3, 0.4) is 0 Å². The van der Waals surface area contributed by atoms with Crippen LogP contribution >= 0.6 is 11.3 Å². The molecule has 1 aromatic heterocycles. The lowest BCUT2D eigenvalue weighted by atomic mass is 9.99. The molecular formula is C20H19F3N2O3S. The number of hydrogen-bond donors (Lipinski definition) is 2. The molecule has 4 atom stereocenters. The first-order valence-electron chi connectivity index (χ1n) is 9.08. The number of ether oxygens (including phenoxy) is 2. The highest BCUT2D eigenvalue weighted by Crippen LogP contribution is 2.33. The van der Waals surface area contributed by atoms with Crippen molar-refractivity contribution >= 4 is 29.1 Å². The summed E-state index contributed by atoms with van der Waals surface area (Å²) in [6.07, 6.45) is -0.705. The summed E-state index contributed by atoms with van der Waals surface area (Å²) >= 11 is 1.63. The van der Waals surface area contributed by atoms with Gasteiger partial charge in [0.1, 0.15) is 6.10 Å². The number of carbonyl (C=O) groups is 1. The number of rotatable bonds is 4. The third-order valence-corrected chi connectivity index (χ3v) is 5.66. The molecule has 0 bridgehead atoms. The molecule has 2 aromatic rings. The lowest BCUT2D eigenvalue weighted by Gasteiger charge is -2.18. The van der Waals surface area contributed by atoms with E-state index in [9.17, 15) is 18.0 Å². The number of amides is 2. The number of anilines is 1. The topological polar surface area (TPSA) is 59.6 Å². The lowest BCUT2D eigenvalue weighted by Crippen LogP contribution is -2.45. The minimum Gasteiger partial charge on any atom is -0.373 e. The number of halogens is 3. The van der Waals surface area contributed by atoms with Gasteiger partial charge in [0.25, 0.3) is 0 Å². The fourth-order valence-corrected chi connectivity index (χ4v) is 4.13. The normalized spacial score (nSPS) is 26.6. The molecule has 5 nitrogen and oxygen atoms in total. The highest BCUT2D eigenvalue weighted by molar-refractivity contribution is 7.08. The van der Waals surface area contributed by atoms with Crippen LogP contribution < -0.4 is 10.6 Å². The van der Waals surface area contributed by atoms with E-state index in [-0.39, 0.29) is 29.9 Å². The second-order valence-electron chi connectivity index (χ2n) is 6.96. The number of hydrogen-bond acceptors (Lipinski definition) is 4. The van der Waals surface area contributed by atoms with E-state index in [1.165, 1.54) is 12.1 Å². The number of alkyl halides is 3. The average Bonchev–Trinajstić information content (AvgIpc) is 3.39. The van der Waals surface area contributed by atoms with E-state index in [0.717, 1.165) is 17.7 Å². The van der Waals surface area contributed by atoms with Gasteiger partial charge in [-0.3, -0.25) is 0 Å². The van der Waals surface area contributed by atoms with Crippen molar-refractivity contribution in [1.29, 1.82) is 0 Å². The third-order valence-electron chi connectivity index (χ3n) is 4.96. The summed E-state index contributed by atoms with van der Waals surface area (Å²) in [6, 6.07) is 5.47. The Kier molecular flexibility index (Phi) is 5.62. The summed E-state index contributed by atoms with van der Waals surface area (Å²) in [7, 11) is 0. The van der Waals surface area contributed by atoms with Crippen molar-refractivity contribution in [3.63, 3.8) is 0 Å². The van der Waals surface area contributed by atoms with E-state index in [0.29, 0.717) is 13.2 Å². The van der Waals surface area contributed by atoms with Gasteiger partial charge in [-0.15, -0.1) is 0 Å². The van der Waals surface area contributed by atoms with Gasteiger partial charge in [-0.1, -0.05) is 12.2 Å². The second-order valence-corrected chi connectivity index (χ2v) is 7.74. The van der Waals surface area contributed by atoms with Crippen molar-refractivity contribution < 1.29 is 27.4 Å². The smallest absolute Gasteiger partial charge is 0.373 e. The SMILES string of the molecule is O=C(Nc1ccc(C(F)(F)F)cc1)N[C@H]1CO[C@H]2[C@@H]1OC[C@@H]2/C=C\c1ccsc1. The molecule has 29 heavy (non-hydrogen) atoms. The fourth-order valence-electron chi connectivity index (χ4n) is 3.50. The van der Waals surface area contributed by atoms with Crippen LogP contribution in [0.4, 0.5) is 23.7 Å². The first-order valence-corrected chi connectivity index (χ1v) is 10.0. The molecule has 2 aliphatic heterocycles. The van der Waals surface area contributed by atoms with Gasteiger partial charge in [0, 0.05) is 11.6 Å². The van der Waals surface area contributed by atoms with Crippen LogP contribution in [0.1, 0.15) is 11.1 Å². The molecule has 2 N–H and O–H groups in total. The number of thiophene rings is 1. The minimum atomic E-state index is -4.41. The largest absolute Gasteiger partial charge is 0.416 e. The molecule has 1 aromatic carbocycles. The number of benzene rings is 1. The molecule has 0 spiro atoms. The van der Waals surface area contributed by atoms with Crippen molar-refractivity contribution in [2.24, 2.45) is 5.92 Å². The molecule has 4 rings (SSSR count). The van der Waals surface area contributed by atoms with Gasteiger partial charge in [-0.2, -0.15) is 24.5 Å². The minimum absolute atomic E-state index is 0.102. The standard InChI is InChI=1S/C20H19F3N2O3S/c21-20(22,23)14-3-5-15(6-4-14)24-19(26)25-16-10-28-17-13(9-27-18(16)17)2-1-12-7-8-29-11-12/h1-8,11,13,16-18H,9-10H2,(H2,24,25,26)/b2-1-/t13-,16-,17+,18+/m0/s1. The quantitative estimate of drug-likeness (QED) is 0.766. The van der Waals surface area contributed by atoms with Crippen molar-refractivity contribution in [3.05, 3.63) is 58.3 Å². The van der Waals surface area contributed by atoms with Crippen LogP contribution in [0.15, 0.2) is 47.2 Å². The van der Waals surface area contributed by atoms with E-state index >= 15 is 0 Å². The summed E-state index contributed by atoms with van der Waals surface area (Å²) in [4.78, 5) is 12.2. The van der Waals surface area contributed by atoms with Crippen LogP contribution in [-0.4, -0.2) is 37.5 Å². The van der Waals surface area contributed by atoms with Gasteiger partial charge in [0.15, 0.2) is 0 Å². The van der Waals surface area contributed by atoms with Crippen molar-refractivity contribution in [3.8, 4) is 0 Å². The molecule has 2 amide bonds. The number of urea groups is 1. The Morgan fingerprint density at radius 1 is 1.10 bits per heavy atom. The van der Waals surface area contributed by atoms with Gasteiger partial charge in [-0.05, 0) is 46.7 Å². The zero-order chi connectivity index (χ0) is 20.4. The predicted octanol–water partition coefficient (Wildman–Crippen LogP) is 4.38. The maximum absolute atomic E-state index is 12.6. The van der Waals surface area contributed by atoms with Crippen molar-refractivity contribution in [1.82, 2.24) is 5.32 Å². The fraction of sp³-hybridized carbons (Fsp3) is 0.350. The molecule has 0 unspecified atom stereocenters. The Morgan fingerprint density at radius 3 is 2.55 bits per heavy atom. The summed E-state index contributed by atoms with van der Waals surface area (Å²) in [5.41, 5.74) is 0.633. The molecule has 0 saturated carbocycles. The van der Waals surface area contributed by atoms with E-state index in [2.05, 4.69) is 22.1 Å². The number of fused-ring (bicyclic) bond motifs is 1. The molecule has 3 heterocycles. The second kappa shape index (κ2) is 8.17. The van der Waals surface area contributed by atoms with Crippen LogP contribution in [0.25, 0.3) is 6.08 Å². The van der Waals surface area contributed by atoms with E-state index in [1.807, 2.05) is 17.5 Å². The van der Waals surface area contributed by atoms with Crippen molar-refractivity contribution in [2.75, 3.05) is 18.5 Å². The van der Waals surface area contributed by atoms with Crippen LogP contribution in [-0.2, 0) is 15.7 Å². The van der Waals surface area contributed by atoms with Gasteiger partial charge in [-0.25, -0.2) is 4.79 Å². The van der Waals surface area contributed by atoms with Gasteiger partial charge in [0.2, 0.25) is 0 Å². The van der Waals surface area contributed by atoms with E-state index < -0.39 is 17.8 Å². The average molecular weight is 424 g/mol. The highest BCUT2D eigenvalue weighted by Gasteiger charge is 2.47.